The highest BCUT2D eigenvalue weighted by molar-refractivity contribution is 5.32. The van der Waals surface area contributed by atoms with Gasteiger partial charge in [0.15, 0.2) is 0 Å². The molecule has 0 aliphatic carbocycles. The molecule has 0 aliphatic heterocycles. The minimum atomic E-state index is -0.154. The predicted octanol–water partition coefficient (Wildman–Crippen LogP) is 1.48. The number of methoxy groups -OCH3 is 1. The maximum atomic E-state index is 6.15. The molecule has 1 heterocycles. The zero-order valence-electron chi connectivity index (χ0n) is 9.42. The van der Waals surface area contributed by atoms with Gasteiger partial charge in [-0.05, 0) is 23.8 Å². The summed E-state index contributed by atoms with van der Waals surface area (Å²) < 4.78 is 6.89. The summed E-state index contributed by atoms with van der Waals surface area (Å²) in [5, 5.41) is 4.11. The Labute approximate surface area is 94.6 Å². The largest absolute Gasteiger partial charge is 0.497 e. The standard InChI is InChI=1S/C12H15N3O/c1-15-11(7-8-14-15)12(13)9-3-5-10(16-2)6-4-9/h3-8,12H,13H2,1-2H3. The van der Waals surface area contributed by atoms with Crippen LogP contribution in [-0.4, -0.2) is 16.9 Å². The summed E-state index contributed by atoms with van der Waals surface area (Å²) in [6.07, 6.45) is 1.75. The molecule has 0 radical (unpaired) electrons. The zero-order chi connectivity index (χ0) is 11.5. The van der Waals surface area contributed by atoms with Crippen LogP contribution >= 0.6 is 0 Å². The molecule has 4 nitrogen and oxygen atoms in total. The van der Waals surface area contributed by atoms with Crippen molar-refractivity contribution in [2.24, 2.45) is 12.8 Å². The van der Waals surface area contributed by atoms with Crippen molar-refractivity contribution in [3.05, 3.63) is 47.8 Å². The Morgan fingerprint density at radius 1 is 1.25 bits per heavy atom. The first-order chi connectivity index (χ1) is 7.72. The number of benzene rings is 1. The second-order valence-electron chi connectivity index (χ2n) is 3.63. The molecule has 0 amide bonds. The Morgan fingerprint density at radius 3 is 2.44 bits per heavy atom. The topological polar surface area (TPSA) is 53.1 Å². The minimum absolute atomic E-state index is 0.154. The summed E-state index contributed by atoms with van der Waals surface area (Å²) in [4.78, 5) is 0. The van der Waals surface area contributed by atoms with Gasteiger partial charge in [0.05, 0.1) is 18.8 Å². The highest BCUT2D eigenvalue weighted by Gasteiger charge is 2.11. The van der Waals surface area contributed by atoms with Crippen molar-refractivity contribution in [3.8, 4) is 5.75 Å². The quantitative estimate of drug-likeness (QED) is 0.847. The van der Waals surface area contributed by atoms with Crippen molar-refractivity contribution in [1.82, 2.24) is 9.78 Å². The van der Waals surface area contributed by atoms with Crippen LogP contribution in [0.5, 0.6) is 5.75 Å². The minimum Gasteiger partial charge on any atom is -0.497 e. The smallest absolute Gasteiger partial charge is 0.118 e. The Kier molecular flexibility index (Phi) is 2.92. The second-order valence-corrected chi connectivity index (χ2v) is 3.63. The van der Waals surface area contributed by atoms with Crippen LogP contribution < -0.4 is 10.5 Å². The SMILES string of the molecule is COc1ccc(C(N)c2ccnn2C)cc1. The first-order valence-electron chi connectivity index (χ1n) is 5.10. The molecule has 84 valence electrons. The molecule has 0 bridgehead atoms. The number of hydrogen-bond donors (Lipinski definition) is 1. The van der Waals surface area contributed by atoms with Gasteiger partial charge in [-0.1, -0.05) is 12.1 Å². The van der Waals surface area contributed by atoms with Crippen LogP contribution in [0.1, 0.15) is 17.3 Å². The van der Waals surface area contributed by atoms with Gasteiger partial charge in [-0.3, -0.25) is 4.68 Å². The molecule has 0 fully saturated rings. The van der Waals surface area contributed by atoms with Gasteiger partial charge < -0.3 is 10.5 Å². The van der Waals surface area contributed by atoms with E-state index in [4.69, 9.17) is 10.5 Å². The molecule has 16 heavy (non-hydrogen) atoms. The van der Waals surface area contributed by atoms with Crippen LogP contribution in [0.2, 0.25) is 0 Å². The Bertz CT molecular complexity index is 461. The van der Waals surface area contributed by atoms with Crippen molar-refractivity contribution in [3.63, 3.8) is 0 Å². The number of rotatable bonds is 3. The molecular weight excluding hydrogens is 202 g/mol. The lowest BCUT2D eigenvalue weighted by molar-refractivity contribution is 0.414. The molecule has 2 rings (SSSR count). The van der Waals surface area contributed by atoms with Crippen LogP contribution in [0.4, 0.5) is 0 Å². The summed E-state index contributed by atoms with van der Waals surface area (Å²) in [6, 6.07) is 9.53. The molecule has 0 saturated heterocycles. The van der Waals surface area contributed by atoms with Crippen molar-refractivity contribution in [1.29, 1.82) is 0 Å². The Balaban J connectivity index is 2.27. The fourth-order valence-corrected chi connectivity index (χ4v) is 1.67. The molecule has 2 aromatic rings. The van der Waals surface area contributed by atoms with E-state index in [9.17, 15) is 0 Å². The average molecular weight is 217 g/mol. The van der Waals surface area contributed by atoms with Crippen LogP contribution in [0, 0.1) is 0 Å². The lowest BCUT2D eigenvalue weighted by Crippen LogP contribution is -2.15. The number of aryl methyl sites for hydroxylation is 1. The van der Waals surface area contributed by atoms with Gasteiger partial charge in [-0.2, -0.15) is 5.10 Å². The molecule has 0 aliphatic rings. The zero-order valence-corrected chi connectivity index (χ0v) is 9.42. The number of nitrogens with two attached hydrogens (primary N) is 1. The highest BCUT2D eigenvalue weighted by atomic mass is 16.5. The van der Waals surface area contributed by atoms with Gasteiger partial charge in [-0.15, -0.1) is 0 Å². The predicted molar refractivity (Wildman–Crippen MR) is 62.2 cm³/mol. The molecule has 2 N–H and O–H groups in total. The third kappa shape index (κ3) is 1.92. The van der Waals surface area contributed by atoms with Gasteiger partial charge in [-0.25, -0.2) is 0 Å². The van der Waals surface area contributed by atoms with E-state index in [0.29, 0.717) is 0 Å². The van der Waals surface area contributed by atoms with Crippen molar-refractivity contribution >= 4 is 0 Å². The van der Waals surface area contributed by atoms with Gasteiger partial charge in [0, 0.05) is 13.2 Å². The first-order valence-corrected chi connectivity index (χ1v) is 5.10. The second kappa shape index (κ2) is 4.37. The molecule has 0 saturated carbocycles. The van der Waals surface area contributed by atoms with E-state index in [-0.39, 0.29) is 6.04 Å². The normalized spacial score (nSPS) is 12.4. The number of nitrogens with zero attached hydrogens (tertiary/aromatic N) is 2. The fraction of sp³-hybridized carbons (Fsp3) is 0.250. The van der Waals surface area contributed by atoms with Gasteiger partial charge in [0.2, 0.25) is 0 Å². The van der Waals surface area contributed by atoms with E-state index in [0.717, 1.165) is 17.0 Å². The third-order valence-electron chi connectivity index (χ3n) is 2.65. The van der Waals surface area contributed by atoms with Crippen molar-refractivity contribution in [2.75, 3.05) is 7.11 Å². The van der Waals surface area contributed by atoms with E-state index in [1.54, 1.807) is 18.0 Å². The molecule has 0 spiro atoms. The molecule has 4 heteroatoms. The molecule has 1 atom stereocenters. The Hall–Kier alpha value is -1.81. The third-order valence-corrected chi connectivity index (χ3v) is 2.65. The van der Waals surface area contributed by atoms with Crippen molar-refractivity contribution < 1.29 is 4.74 Å². The maximum Gasteiger partial charge on any atom is 0.118 e. The van der Waals surface area contributed by atoms with E-state index in [1.807, 2.05) is 37.4 Å². The first kappa shape index (κ1) is 10.7. The number of ether oxygens (including phenoxy) is 1. The summed E-state index contributed by atoms with van der Waals surface area (Å²) in [5.41, 5.74) is 8.19. The van der Waals surface area contributed by atoms with E-state index in [2.05, 4.69) is 5.10 Å². The van der Waals surface area contributed by atoms with Crippen molar-refractivity contribution in [2.45, 2.75) is 6.04 Å². The highest BCUT2D eigenvalue weighted by Crippen LogP contribution is 2.21. The van der Waals surface area contributed by atoms with Crippen LogP contribution in [0.25, 0.3) is 0 Å². The van der Waals surface area contributed by atoms with E-state index < -0.39 is 0 Å². The van der Waals surface area contributed by atoms with Crippen LogP contribution in [-0.2, 0) is 7.05 Å². The molecule has 1 aromatic carbocycles. The van der Waals surface area contributed by atoms with Crippen LogP contribution in [0.3, 0.4) is 0 Å². The molecule has 1 aromatic heterocycles. The van der Waals surface area contributed by atoms with Gasteiger partial charge in [0.25, 0.3) is 0 Å². The lowest BCUT2D eigenvalue weighted by Gasteiger charge is -2.12. The maximum absolute atomic E-state index is 6.15. The molecular formula is C12H15N3O. The van der Waals surface area contributed by atoms with Gasteiger partial charge in [0.1, 0.15) is 5.75 Å². The number of aromatic nitrogens is 2. The summed E-state index contributed by atoms with van der Waals surface area (Å²) in [5.74, 6) is 0.834. The number of hydrogen-bond acceptors (Lipinski definition) is 3. The average Bonchev–Trinajstić information content (AvgIpc) is 2.75. The van der Waals surface area contributed by atoms with E-state index >= 15 is 0 Å². The fourth-order valence-electron chi connectivity index (χ4n) is 1.67. The monoisotopic (exact) mass is 217 g/mol. The van der Waals surface area contributed by atoms with Crippen LogP contribution in [0.15, 0.2) is 36.5 Å². The summed E-state index contributed by atoms with van der Waals surface area (Å²) in [6.45, 7) is 0. The Morgan fingerprint density at radius 2 is 1.94 bits per heavy atom. The lowest BCUT2D eigenvalue weighted by atomic mass is 10.0. The van der Waals surface area contributed by atoms with E-state index in [1.165, 1.54) is 0 Å². The van der Waals surface area contributed by atoms with Gasteiger partial charge >= 0.3 is 0 Å². The molecule has 1 unspecified atom stereocenters. The summed E-state index contributed by atoms with van der Waals surface area (Å²) >= 11 is 0. The summed E-state index contributed by atoms with van der Waals surface area (Å²) in [7, 11) is 3.54.